The van der Waals surface area contributed by atoms with Gasteiger partial charge in [0.05, 0.1) is 11.4 Å². The lowest BCUT2D eigenvalue weighted by Gasteiger charge is -2.22. The van der Waals surface area contributed by atoms with E-state index in [1.165, 1.54) is 12.1 Å². The highest BCUT2D eigenvalue weighted by molar-refractivity contribution is 7.92. The van der Waals surface area contributed by atoms with Gasteiger partial charge in [0.1, 0.15) is 0 Å². The first-order valence-corrected chi connectivity index (χ1v) is 11.8. The molecule has 1 fully saturated rings. The van der Waals surface area contributed by atoms with Crippen LogP contribution in [0, 0.1) is 0 Å². The molecule has 166 valence electrons. The molecular formula is C22H28N4O4S. The molecule has 0 atom stereocenters. The number of amides is 2. The van der Waals surface area contributed by atoms with E-state index in [0.717, 1.165) is 13.0 Å². The van der Waals surface area contributed by atoms with Crippen molar-refractivity contribution in [3.05, 3.63) is 60.2 Å². The second-order valence-corrected chi connectivity index (χ2v) is 9.06. The molecule has 1 heterocycles. The first-order chi connectivity index (χ1) is 14.9. The Labute approximate surface area is 183 Å². The maximum atomic E-state index is 13.0. The zero-order valence-corrected chi connectivity index (χ0v) is 18.4. The zero-order valence-electron chi connectivity index (χ0n) is 17.6. The van der Waals surface area contributed by atoms with E-state index in [2.05, 4.69) is 10.0 Å². The molecule has 0 saturated carbocycles. The molecule has 1 aliphatic rings. The Hall–Kier alpha value is -2.91. The lowest BCUT2D eigenvalue weighted by atomic mass is 10.1. The molecule has 0 bridgehead atoms. The van der Waals surface area contributed by atoms with Crippen LogP contribution < -0.4 is 10.0 Å². The van der Waals surface area contributed by atoms with E-state index in [-0.39, 0.29) is 16.7 Å². The van der Waals surface area contributed by atoms with Gasteiger partial charge in [0.25, 0.3) is 15.9 Å². The molecule has 9 heteroatoms. The summed E-state index contributed by atoms with van der Waals surface area (Å²) in [4.78, 5) is 28.8. The van der Waals surface area contributed by atoms with Crippen LogP contribution in [-0.4, -0.2) is 69.3 Å². The summed E-state index contributed by atoms with van der Waals surface area (Å²) in [5, 5.41) is 2.79. The molecule has 0 unspecified atom stereocenters. The zero-order chi connectivity index (χ0) is 22.3. The van der Waals surface area contributed by atoms with E-state index < -0.39 is 10.0 Å². The van der Waals surface area contributed by atoms with Gasteiger partial charge in [0, 0.05) is 44.0 Å². The van der Waals surface area contributed by atoms with Gasteiger partial charge in [-0.1, -0.05) is 24.3 Å². The summed E-state index contributed by atoms with van der Waals surface area (Å²) in [6.07, 6.45) is 0.769. The minimum atomic E-state index is -3.73. The van der Waals surface area contributed by atoms with Crippen LogP contribution in [0.2, 0.25) is 0 Å². The molecule has 31 heavy (non-hydrogen) atoms. The molecule has 2 aromatic carbocycles. The van der Waals surface area contributed by atoms with E-state index >= 15 is 0 Å². The summed E-state index contributed by atoms with van der Waals surface area (Å²) in [6.45, 7) is 5.27. The van der Waals surface area contributed by atoms with Gasteiger partial charge >= 0.3 is 0 Å². The topological polar surface area (TPSA) is 98.8 Å². The molecule has 3 rings (SSSR count). The Morgan fingerprint density at radius 2 is 1.74 bits per heavy atom. The number of nitrogens with zero attached hydrogens (tertiary/aromatic N) is 2. The molecule has 2 aromatic rings. The largest absolute Gasteiger partial charge is 0.355 e. The van der Waals surface area contributed by atoms with E-state index in [4.69, 9.17) is 0 Å². The van der Waals surface area contributed by atoms with Crippen molar-refractivity contribution in [3.63, 3.8) is 0 Å². The molecule has 1 saturated heterocycles. The van der Waals surface area contributed by atoms with Crippen LogP contribution >= 0.6 is 0 Å². The van der Waals surface area contributed by atoms with Gasteiger partial charge in [0.2, 0.25) is 5.91 Å². The van der Waals surface area contributed by atoms with Gasteiger partial charge in [-0.05, 0) is 43.7 Å². The smallest absolute Gasteiger partial charge is 0.261 e. The lowest BCUT2D eigenvalue weighted by molar-refractivity contribution is -0.122. The van der Waals surface area contributed by atoms with Crippen LogP contribution in [0.25, 0.3) is 0 Å². The van der Waals surface area contributed by atoms with Crippen molar-refractivity contribution in [1.29, 1.82) is 0 Å². The SMILES string of the molecule is CCNC(=O)CN1CCCN(C(=O)c2cccc(NS(=O)(=O)c3ccccc3)c2)CC1. The van der Waals surface area contributed by atoms with Crippen LogP contribution in [-0.2, 0) is 14.8 Å². The normalized spacial score (nSPS) is 15.2. The highest BCUT2D eigenvalue weighted by Gasteiger charge is 2.22. The Bertz CT molecular complexity index is 1010. The minimum Gasteiger partial charge on any atom is -0.355 e. The molecule has 2 amide bonds. The molecule has 0 radical (unpaired) electrons. The van der Waals surface area contributed by atoms with Gasteiger partial charge in [-0.25, -0.2) is 8.42 Å². The Morgan fingerprint density at radius 3 is 2.48 bits per heavy atom. The predicted octanol–water partition coefficient (Wildman–Crippen LogP) is 1.77. The number of likely N-dealkylation sites (N-methyl/N-ethyl adjacent to an activating group) is 1. The van der Waals surface area contributed by atoms with E-state index in [0.29, 0.717) is 44.0 Å². The molecule has 8 nitrogen and oxygen atoms in total. The van der Waals surface area contributed by atoms with Gasteiger partial charge in [-0.3, -0.25) is 19.2 Å². The molecule has 0 aromatic heterocycles. The quantitative estimate of drug-likeness (QED) is 0.678. The van der Waals surface area contributed by atoms with Crippen LogP contribution in [0.3, 0.4) is 0 Å². The first-order valence-electron chi connectivity index (χ1n) is 10.4. The van der Waals surface area contributed by atoms with Crippen LogP contribution in [0.4, 0.5) is 5.69 Å². The second kappa shape index (κ2) is 10.4. The van der Waals surface area contributed by atoms with Crippen LogP contribution in [0.15, 0.2) is 59.5 Å². The van der Waals surface area contributed by atoms with Crippen LogP contribution in [0.5, 0.6) is 0 Å². The number of hydrogen-bond donors (Lipinski definition) is 2. The fraction of sp³-hybridized carbons (Fsp3) is 0.364. The Morgan fingerprint density at radius 1 is 0.968 bits per heavy atom. The number of hydrogen-bond acceptors (Lipinski definition) is 5. The second-order valence-electron chi connectivity index (χ2n) is 7.37. The summed E-state index contributed by atoms with van der Waals surface area (Å²) >= 11 is 0. The number of nitrogens with one attached hydrogen (secondary N) is 2. The van der Waals surface area contributed by atoms with E-state index in [9.17, 15) is 18.0 Å². The molecule has 0 aliphatic carbocycles. The average Bonchev–Trinajstić information content (AvgIpc) is 2.99. The predicted molar refractivity (Wildman–Crippen MR) is 119 cm³/mol. The monoisotopic (exact) mass is 444 g/mol. The van der Waals surface area contributed by atoms with Crippen molar-refractivity contribution in [2.45, 2.75) is 18.2 Å². The Balaban J connectivity index is 1.65. The highest BCUT2D eigenvalue weighted by Crippen LogP contribution is 2.18. The van der Waals surface area contributed by atoms with Crippen molar-refractivity contribution < 1.29 is 18.0 Å². The number of anilines is 1. The summed E-state index contributed by atoms with van der Waals surface area (Å²) in [5.41, 5.74) is 0.757. The number of benzene rings is 2. The molecule has 2 N–H and O–H groups in total. The number of carbonyl (C=O) groups is 2. The first kappa shape index (κ1) is 22.8. The average molecular weight is 445 g/mol. The third kappa shape index (κ3) is 6.28. The van der Waals surface area contributed by atoms with Gasteiger partial charge in [0.15, 0.2) is 0 Å². The molecule has 1 aliphatic heterocycles. The summed E-state index contributed by atoms with van der Waals surface area (Å²) in [6, 6.07) is 14.6. The minimum absolute atomic E-state index is 0.0133. The van der Waals surface area contributed by atoms with Crippen molar-refractivity contribution in [2.24, 2.45) is 0 Å². The maximum Gasteiger partial charge on any atom is 0.261 e. The van der Waals surface area contributed by atoms with Gasteiger partial charge < -0.3 is 10.2 Å². The Kier molecular flexibility index (Phi) is 7.64. The van der Waals surface area contributed by atoms with E-state index in [1.807, 2.05) is 11.8 Å². The highest BCUT2D eigenvalue weighted by atomic mass is 32.2. The number of sulfonamides is 1. The van der Waals surface area contributed by atoms with Gasteiger partial charge in [-0.2, -0.15) is 0 Å². The van der Waals surface area contributed by atoms with Crippen molar-refractivity contribution in [2.75, 3.05) is 44.0 Å². The van der Waals surface area contributed by atoms with Crippen LogP contribution in [0.1, 0.15) is 23.7 Å². The van der Waals surface area contributed by atoms with Crippen molar-refractivity contribution in [1.82, 2.24) is 15.1 Å². The number of carbonyl (C=O) groups excluding carboxylic acids is 2. The summed E-state index contributed by atoms with van der Waals surface area (Å²) in [5.74, 6) is -0.165. The fourth-order valence-electron chi connectivity index (χ4n) is 3.50. The third-order valence-corrected chi connectivity index (χ3v) is 6.43. The standard InChI is InChI=1S/C22H28N4O4S/c1-2-23-21(27)17-25-12-7-13-26(15-14-25)22(28)18-8-6-9-19(16-18)24-31(29,30)20-10-4-3-5-11-20/h3-6,8-11,16,24H,2,7,12-15,17H2,1H3,(H,23,27). The lowest BCUT2D eigenvalue weighted by Crippen LogP contribution is -2.40. The van der Waals surface area contributed by atoms with Crippen molar-refractivity contribution in [3.8, 4) is 0 Å². The molecule has 0 spiro atoms. The molecular weight excluding hydrogens is 416 g/mol. The third-order valence-electron chi connectivity index (χ3n) is 5.03. The number of rotatable bonds is 7. The van der Waals surface area contributed by atoms with E-state index in [1.54, 1.807) is 47.4 Å². The summed E-state index contributed by atoms with van der Waals surface area (Å²) < 4.78 is 27.6. The maximum absolute atomic E-state index is 13.0. The van der Waals surface area contributed by atoms with Gasteiger partial charge in [-0.15, -0.1) is 0 Å². The fourth-order valence-corrected chi connectivity index (χ4v) is 4.57. The van der Waals surface area contributed by atoms with Crippen molar-refractivity contribution >= 4 is 27.5 Å². The summed E-state index contributed by atoms with van der Waals surface area (Å²) in [7, 11) is -3.73.